The minimum Gasteiger partial charge on any atom is -0.465 e. The van der Waals surface area contributed by atoms with E-state index in [1.807, 2.05) is 0 Å². The van der Waals surface area contributed by atoms with Gasteiger partial charge in [-0.05, 0) is 6.42 Å². The molecule has 45 heavy (non-hydrogen) atoms. The zero-order valence-electron chi connectivity index (χ0n) is 26.4. The standard InChI is InChI=1S/C28H41NO16/c1-12(30)29-22-26(42-17(6)35)25(21(11-39-14(3)32)45-28(22)37-8)44-20-9-19(10-38-13(2)31)23(40-15(4)33)27(43-18(7)36)24(20)41-16(5)34/h19-28H,9-11H2,1-8H3,(H,29,30)/t19-,20-,21-,22-,23-,24-,25-,26-,27+,28-/m1/s1. The third-order valence-corrected chi connectivity index (χ3v) is 6.75. The van der Waals surface area contributed by atoms with Crippen molar-refractivity contribution in [2.45, 2.75) is 110 Å². The molecule has 2 rings (SSSR count). The SMILES string of the molecule is CO[C@@H]1O[C@H](COC(C)=O)[C@@H](O[C@@H]2C[C@H](COC(C)=O)[C@@H](OC(C)=O)[C@H](OC(C)=O)[C@@H]2OC(C)=O)[C@H](OC(C)=O)[C@H]1NC(C)=O. The van der Waals surface area contributed by atoms with E-state index in [2.05, 4.69) is 5.32 Å². The maximum atomic E-state index is 12.3. The van der Waals surface area contributed by atoms with E-state index in [9.17, 15) is 33.6 Å². The molecule has 0 bridgehead atoms. The van der Waals surface area contributed by atoms with E-state index in [0.717, 1.165) is 34.6 Å². The van der Waals surface area contributed by atoms with Crippen LogP contribution >= 0.6 is 0 Å². The number of carbonyl (C=O) groups is 7. The van der Waals surface area contributed by atoms with E-state index in [0.29, 0.717) is 0 Å². The smallest absolute Gasteiger partial charge is 0.303 e. The molecule has 1 heterocycles. The number of rotatable bonds is 12. The molecular weight excluding hydrogens is 606 g/mol. The topological polar surface area (TPSA) is 215 Å². The van der Waals surface area contributed by atoms with Crippen LogP contribution in [0, 0.1) is 5.92 Å². The Hall–Kier alpha value is -3.83. The van der Waals surface area contributed by atoms with Crippen molar-refractivity contribution in [3.63, 3.8) is 0 Å². The summed E-state index contributed by atoms with van der Waals surface area (Å²) in [6.45, 7) is 7.23. The number of amides is 1. The van der Waals surface area contributed by atoms with E-state index in [1.165, 1.54) is 21.0 Å². The van der Waals surface area contributed by atoms with Gasteiger partial charge in [0.1, 0.15) is 31.0 Å². The molecule has 1 aliphatic heterocycles. The molecular formula is C28H41NO16. The maximum Gasteiger partial charge on any atom is 0.303 e. The van der Waals surface area contributed by atoms with Gasteiger partial charge in [-0.25, -0.2) is 0 Å². The highest BCUT2D eigenvalue weighted by atomic mass is 16.7. The van der Waals surface area contributed by atoms with Crippen LogP contribution in [0.1, 0.15) is 54.9 Å². The molecule has 2 fully saturated rings. The second-order valence-electron chi connectivity index (χ2n) is 10.5. The molecule has 0 aromatic heterocycles. The van der Waals surface area contributed by atoms with Gasteiger partial charge in [0.05, 0.1) is 12.7 Å². The zero-order valence-corrected chi connectivity index (χ0v) is 26.4. The summed E-state index contributed by atoms with van der Waals surface area (Å²) in [4.78, 5) is 84.5. The number of ether oxygens (including phenoxy) is 9. The zero-order chi connectivity index (χ0) is 34.0. The quantitative estimate of drug-likeness (QED) is 0.208. The molecule has 0 aromatic rings. The van der Waals surface area contributed by atoms with E-state index in [1.54, 1.807) is 0 Å². The Labute approximate surface area is 259 Å². The molecule has 1 saturated carbocycles. The number of hydrogen-bond donors (Lipinski definition) is 1. The van der Waals surface area contributed by atoms with Gasteiger partial charge in [-0.2, -0.15) is 0 Å². The first kappa shape index (κ1) is 37.4. The second kappa shape index (κ2) is 17.0. The highest BCUT2D eigenvalue weighted by Crippen LogP contribution is 2.37. The Morgan fingerprint density at radius 2 is 1.11 bits per heavy atom. The minimum atomic E-state index is -1.45. The fraction of sp³-hybridized carbons (Fsp3) is 0.750. The van der Waals surface area contributed by atoms with Crippen LogP contribution in [0.25, 0.3) is 0 Å². The van der Waals surface area contributed by atoms with E-state index in [4.69, 9.17) is 42.6 Å². The van der Waals surface area contributed by atoms with Gasteiger partial charge in [-0.3, -0.25) is 33.6 Å². The molecule has 1 aliphatic carbocycles. The molecule has 10 atom stereocenters. The molecule has 0 spiro atoms. The van der Waals surface area contributed by atoms with Crippen LogP contribution in [0.2, 0.25) is 0 Å². The van der Waals surface area contributed by atoms with E-state index in [-0.39, 0.29) is 13.0 Å². The second-order valence-corrected chi connectivity index (χ2v) is 10.5. The van der Waals surface area contributed by atoms with Crippen LogP contribution in [0.3, 0.4) is 0 Å². The molecule has 17 nitrogen and oxygen atoms in total. The summed E-state index contributed by atoms with van der Waals surface area (Å²) < 4.78 is 50.4. The van der Waals surface area contributed by atoms with Crippen molar-refractivity contribution in [2.24, 2.45) is 5.92 Å². The van der Waals surface area contributed by atoms with Crippen molar-refractivity contribution in [3.8, 4) is 0 Å². The number of nitrogens with one attached hydrogen (secondary N) is 1. The Morgan fingerprint density at radius 1 is 0.622 bits per heavy atom. The van der Waals surface area contributed by atoms with Gasteiger partial charge in [0.15, 0.2) is 24.6 Å². The molecule has 0 unspecified atom stereocenters. The molecule has 1 saturated heterocycles. The summed E-state index contributed by atoms with van der Waals surface area (Å²) in [6.07, 6.45) is -10.5. The molecule has 1 N–H and O–H groups in total. The predicted octanol–water partition coefficient (Wildman–Crippen LogP) is -0.511. The first-order valence-electron chi connectivity index (χ1n) is 14.1. The lowest BCUT2D eigenvalue weighted by Gasteiger charge is -2.49. The van der Waals surface area contributed by atoms with Crippen molar-refractivity contribution < 1.29 is 76.2 Å². The lowest BCUT2D eigenvalue weighted by molar-refractivity contribution is -0.295. The van der Waals surface area contributed by atoms with E-state index < -0.39 is 109 Å². The maximum absolute atomic E-state index is 12.3. The van der Waals surface area contributed by atoms with Crippen LogP contribution in [0.5, 0.6) is 0 Å². The Balaban J connectivity index is 2.69. The van der Waals surface area contributed by atoms with Gasteiger partial charge < -0.3 is 47.9 Å². The first-order chi connectivity index (χ1) is 21.0. The fourth-order valence-electron chi connectivity index (χ4n) is 5.29. The highest BCUT2D eigenvalue weighted by Gasteiger charge is 2.56. The van der Waals surface area contributed by atoms with Crippen molar-refractivity contribution in [2.75, 3.05) is 20.3 Å². The lowest BCUT2D eigenvalue weighted by atomic mass is 9.80. The summed E-state index contributed by atoms with van der Waals surface area (Å²) in [6, 6.07) is -1.14. The summed E-state index contributed by atoms with van der Waals surface area (Å²) in [5.74, 6) is -5.87. The predicted molar refractivity (Wildman–Crippen MR) is 146 cm³/mol. The van der Waals surface area contributed by atoms with Crippen molar-refractivity contribution in [1.82, 2.24) is 5.32 Å². The first-order valence-corrected chi connectivity index (χ1v) is 14.1. The monoisotopic (exact) mass is 647 g/mol. The number of hydrogen-bond acceptors (Lipinski definition) is 16. The molecule has 0 aromatic carbocycles. The third kappa shape index (κ3) is 11.2. The third-order valence-electron chi connectivity index (χ3n) is 6.75. The molecule has 254 valence electrons. The van der Waals surface area contributed by atoms with Gasteiger partial charge in [0.25, 0.3) is 0 Å². The Bertz CT molecular complexity index is 1110. The van der Waals surface area contributed by atoms with Gasteiger partial charge in [-0.15, -0.1) is 0 Å². The summed E-state index contributed by atoms with van der Waals surface area (Å²) >= 11 is 0. The van der Waals surface area contributed by atoms with Crippen LogP contribution in [-0.4, -0.2) is 117 Å². The van der Waals surface area contributed by atoms with E-state index >= 15 is 0 Å². The number of carbonyl (C=O) groups excluding carboxylic acids is 7. The largest absolute Gasteiger partial charge is 0.465 e. The van der Waals surface area contributed by atoms with Gasteiger partial charge in [0, 0.05) is 61.5 Å². The summed E-state index contributed by atoms with van der Waals surface area (Å²) in [7, 11) is 1.28. The molecule has 1 amide bonds. The average Bonchev–Trinajstić information content (AvgIpc) is 2.90. The van der Waals surface area contributed by atoms with Crippen molar-refractivity contribution >= 4 is 41.7 Å². The molecule has 17 heteroatoms. The van der Waals surface area contributed by atoms with Crippen LogP contribution in [0.15, 0.2) is 0 Å². The van der Waals surface area contributed by atoms with Gasteiger partial charge in [0.2, 0.25) is 5.91 Å². The molecule has 2 aliphatic rings. The summed E-state index contributed by atoms with van der Waals surface area (Å²) in [5, 5.41) is 2.62. The lowest BCUT2D eigenvalue weighted by Crippen LogP contribution is -2.68. The van der Waals surface area contributed by atoms with Crippen LogP contribution < -0.4 is 5.32 Å². The number of esters is 6. The highest BCUT2D eigenvalue weighted by molar-refractivity contribution is 5.73. The number of methoxy groups -OCH3 is 1. The Kier molecular flexibility index (Phi) is 14.1. The fourth-order valence-corrected chi connectivity index (χ4v) is 5.29. The summed E-state index contributed by atoms with van der Waals surface area (Å²) in [5.41, 5.74) is 0. The average molecular weight is 648 g/mol. The minimum absolute atomic E-state index is 0.122. The van der Waals surface area contributed by atoms with Gasteiger partial charge in [-0.1, -0.05) is 0 Å². The molecule has 0 radical (unpaired) electrons. The van der Waals surface area contributed by atoms with Gasteiger partial charge >= 0.3 is 35.8 Å². The normalized spacial score (nSPS) is 31.0. The van der Waals surface area contributed by atoms with Crippen molar-refractivity contribution in [3.05, 3.63) is 0 Å². The van der Waals surface area contributed by atoms with Crippen molar-refractivity contribution in [1.29, 1.82) is 0 Å². The Morgan fingerprint density at radius 3 is 1.60 bits per heavy atom. The van der Waals surface area contributed by atoms with Crippen LogP contribution in [0.4, 0.5) is 0 Å². The van der Waals surface area contributed by atoms with Crippen LogP contribution in [-0.2, 0) is 76.2 Å².